The largest absolute Gasteiger partial charge is 0.372 e. The molecule has 0 amide bonds. The van der Waals surface area contributed by atoms with Crippen molar-refractivity contribution in [3.8, 4) is 0 Å². The zero-order valence-electron chi connectivity index (χ0n) is 13.1. The number of benzene rings is 2. The summed E-state index contributed by atoms with van der Waals surface area (Å²) >= 11 is 5.99. The topological polar surface area (TPSA) is 55.4 Å². The van der Waals surface area contributed by atoms with Crippen LogP contribution in [0.5, 0.6) is 0 Å². The third-order valence-corrected chi connectivity index (χ3v) is 5.84. The molecule has 0 aliphatic rings. The van der Waals surface area contributed by atoms with E-state index in [-0.39, 0.29) is 16.5 Å². The highest BCUT2D eigenvalue weighted by atomic mass is 35.5. The normalized spacial score (nSPS) is 14.4. The number of rotatable bonds is 7. The van der Waals surface area contributed by atoms with E-state index >= 15 is 0 Å². The van der Waals surface area contributed by atoms with Crippen LogP contribution >= 0.6 is 11.6 Å². The van der Waals surface area contributed by atoms with Gasteiger partial charge in [-0.15, -0.1) is 0 Å². The fraction of sp³-hybridized carbons (Fsp3) is 0.294. The Kier molecular flexibility index (Phi) is 5.81. The molecule has 1 atom stereocenters. The van der Waals surface area contributed by atoms with Crippen molar-refractivity contribution in [3.63, 3.8) is 0 Å². The standard InChI is InChI=1S/C17H20ClNO3S/c1-3-17(22-2,14-9-5-4-6-10-14)13-19-23(20,21)16-12-8-7-11-15(16)18/h4-12,19H,3,13H2,1-2H3. The van der Waals surface area contributed by atoms with Gasteiger partial charge in [0, 0.05) is 13.7 Å². The molecule has 0 spiro atoms. The maximum Gasteiger partial charge on any atom is 0.242 e. The summed E-state index contributed by atoms with van der Waals surface area (Å²) < 4.78 is 33.3. The van der Waals surface area contributed by atoms with Gasteiger partial charge in [0.25, 0.3) is 0 Å². The molecule has 0 bridgehead atoms. The van der Waals surface area contributed by atoms with E-state index in [0.29, 0.717) is 6.42 Å². The summed E-state index contributed by atoms with van der Waals surface area (Å²) in [6.45, 7) is 2.08. The van der Waals surface area contributed by atoms with E-state index in [0.717, 1.165) is 5.56 Å². The van der Waals surface area contributed by atoms with E-state index < -0.39 is 15.6 Å². The lowest BCUT2D eigenvalue weighted by Gasteiger charge is -2.32. The summed E-state index contributed by atoms with van der Waals surface area (Å²) in [5.41, 5.74) is 0.196. The van der Waals surface area contributed by atoms with Gasteiger partial charge in [0.05, 0.1) is 5.02 Å². The minimum Gasteiger partial charge on any atom is -0.372 e. The van der Waals surface area contributed by atoms with Crippen LogP contribution in [0.25, 0.3) is 0 Å². The first-order chi connectivity index (χ1) is 10.9. The number of nitrogens with one attached hydrogen (secondary N) is 1. The molecule has 1 unspecified atom stereocenters. The summed E-state index contributed by atoms with van der Waals surface area (Å²) in [5.74, 6) is 0. The van der Waals surface area contributed by atoms with Gasteiger partial charge < -0.3 is 4.74 Å². The molecule has 4 nitrogen and oxygen atoms in total. The highest BCUT2D eigenvalue weighted by molar-refractivity contribution is 7.89. The van der Waals surface area contributed by atoms with E-state index in [1.807, 2.05) is 37.3 Å². The lowest BCUT2D eigenvalue weighted by atomic mass is 9.91. The number of hydrogen-bond donors (Lipinski definition) is 1. The molecular formula is C17H20ClNO3S. The minimum absolute atomic E-state index is 0.0656. The van der Waals surface area contributed by atoms with Crippen molar-refractivity contribution in [2.24, 2.45) is 0 Å². The smallest absolute Gasteiger partial charge is 0.242 e. The number of ether oxygens (including phenoxy) is 1. The number of sulfonamides is 1. The summed E-state index contributed by atoms with van der Waals surface area (Å²) in [4.78, 5) is 0.0656. The average molecular weight is 354 g/mol. The monoisotopic (exact) mass is 353 g/mol. The van der Waals surface area contributed by atoms with Crippen LogP contribution < -0.4 is 4.72 Å². The summed E-state index contributed by atoms with van der Waals surface area (Å²) in [7, 11) is -2.13. The Labute approximate surface area is 142 Å². The van der Waals surface area contributed by atoms with Gasteiger partial charge in [-0.2, -0.15) is 0 Å². The zero-order valence-corrected chi connectivity index (χ0v) is 14.7. The molecule has 23 heavy (non-hydrogen) atoms. The van der Waals surface area contributed by atoms with Crippen molar-refractivity contribution in [1.29, 1.82) is 0 Å². The second-order valence-corrected chi connectivity index (χ2v) is 7.32. The molecule has 0 fully saturated rings. The average Bonchev–Trinajstić information content (AvgIpc) is 2.57. The van der Waals surface area contributed by atoms with E-state index in [2.05, 4.69) is 4.72 Å². The zero-order chi connectivity index (χ0) is 16.9. The Morgan fingerprint density at radius 3 is 2.26 bits per heavy atom. The Bertz CT molecular complexity index is 743. The molecule has 0 heterocycles. The molecule has 2 aromatic carbocycles. The fourth-order valence-corrected chi connectivity index (χ4v) is 4.06. The molecule has 0 saturated heterocycles. The molecule has 0 aliphatic heterocycles. The Morgan fingerprint density at radius 1 is 1.09 bits per heavy atom. The molecule has 1 N–H and O–H groups in total. The van der Waals surface area contributed by atoms with Crippen LogP contribution in [-0.2, 0) is 20.4 Å². The summed E-state index contributed by atoms with van der Waals surface area (Å²) in [6.07, 6.45) is 0.624. The number of methoxy groups -OCH3 is 1. The second-order valence-electron chi connectivity index (χ2n) is 5.17. The van der Waals surface area contributed by atoms with Crippen LogP contribution in [0.4, 0.5) is 0 Å². The van der Waals surface area contributed by atoms with Gasteiger partial charge in [0.2, 0.25) is 10.0 Å². The van der Waals surface area contributed by atoms with E-state index in [4.69, 9.17) is 16.3 Å². The molecule has 2 rings (SSSR count). The van der Waals surface area contributed by atoms with Gasteiger partial charge in [-0.1, -0.05) is 61.0 Å². The predicted molar refractivity (Wildman–Crippen MR) is 92.1 cm³/mol. The van der Waals surface area contributed by atoms with E-state index in [1.54, 1.807) is 25.3 Å². The van der Waals surface area contributed by atoms with E-state index in [1.165, 1.54) is 6.07 Å². The van der Waals surface area contributed by atoms with Gasteiger partial charge in [0.1, 0.15) is 10.5 Å². The Morgan fingerprint density at radius 2 is 1.70 bits per heavy atom. The molecular weight excluding hydrogens is 334 g/mol. The van der Waals surface area contributed by atoms with Crippen LogP contribution in [0.15, 0.2) is 59.5 Å². The third kappa shape index (κ3) is 3.93. The maximum atomic E-state index is 12.5. The highest BCUT2D eigenvalue weighted by Gasteiger charge is 2.32. The van der Waals surface area contributed by atoms with Gasteiger partial charge >= 0.3 is 0 Å². The number of hydrogen-bond acceptors (Lipinski definition) is 3. The van der Waals surface area contributed by atoms with Crippen LogP contribution in [0.3, 0.4) is 0 Å². The Balaban J connectivity index is 2.28. The van der Waals surface area contributed by atoms with Crippen molar-refractivity contribution in [2.75, 3.05) is 13.7 Å². The number of halogens is 1. The lowest BCUT2D eigenvalue weighted by Crippen LogP contribution is -2.41. The van der Waals surface area contributed by atoms with Crippen LogP contribution in [0, 0.1) is 0 Å². The van der Waals surface area contributed by atoms with Gasteiger partial charge in [-0.3, -0.25) is 0 Å². The van der Waals surface area contributed by atoms with Gasteiger partial charge in [-0.05, 0) is 24.1 Å². The van der Waals surface area contributed by atoms with Crippen molar-refractivity contribution in [3.05, 3.63) is 65.2 Å². The van der Waals surface area contributed by atoms with E-state index in [9.17, 15) is 8.42 Å². The van der Waals surface area contributed by atoms with Crippen LogP contribution in [0.2, 0.25) is 5.02 Å². The summed E-state index contributed by atoms with van der Waals surface area (Å²) in [6, 6.07) is 15.9. The molecule has 124 valence electrons. The second kappa shape index (κ2) is 7.45. The first-order valence-corrected chi connectivity index (χ1v) is 9.16. The molecule has 0 saturated carbocycles. The van der Waals surface area contributed by atoms with Crippen LogP contribution in [-0.4, -0.2) is 22.1 Å². The molecule has 0 radical (unpaired) electrons. The van der Waals surface area contributed by atoms with Crippen molar-refractivity contribution >= 4 is 21.6 Å². The summed E-state index contributed by atoms with van der Waals surface area (Å²) in [5, 5.41) is 0.194. The highest BCUT2D eigenvalue weighted by Crippen LogP contribution is 2.29. The first-order valence-electron chi connectivity index (χ1n) is 7.30. The third-order valence-electron chi connectivity index (χ3n) is 3.94. The molecule has 0 aliphatic carbocycles. The quantitative estimate of drug-likeness (QED) is 0.827. The van der Waals surface area contributed by atoms with Crippen LogP contribution in [0.1, 0.15) is 18.9 Å². The molecule has 0 aromatic heterocycles. The first kappa shape index (κ1) is 17.9. The van der Waals surface area contributed by atoms with Gasteiger partial charge in [-0.25, -0.2) is 13.1 Å². The van der Waals surface area contributed by atoms with Gasteiger partial charge in [0.15, 0.2) is 0 Å². The Hall–Kier alpha value is -1.40. The van der Waals surface area contributed by atoms with Crippen molar-refractivity contribution in [1.82, 2.24) is 4.72 Å². The minimum atomic E-state index is -3.71. The molecule has 2 aromatic rings. The lowest BCUT2D eigenvalue weighted by molar-refractivity contribution is -0.0133. The maximum absolute atomic E-state index is 12.5. The SMILES string of the molecule is CCC(CNS(=O)(=O)c1ccccc1Cl)(OC)c1ccccc1. The predicted octanol–water partition coefficient (Wildman–Crippen LogP) is 3.57. The molecule has 6 heteroatoms. The van der Waals surface area contributed by atoms with Crippen molar-refractivity contribution in [2.45, 2.75) is 23.8 Å². The van der Waals surface area contributed by atoms with Crippen molar-refractivity contribution < 1.29 is 13.2 Å². The fourth-order valence-electron chi connectivity index (χ4n) is 2.46.